The van der Waals surface area contributed by atoms with Crippen molar-refractivity contribution in [1.82, 2.24) is 4.98 Å². The molecule has 9 heteroatoms. The number of carboxylic acid groups (broad SMARTS) is 1. The van der Waals surface area contributed by atoms with Crippen LogP contribution in [0, 0.1) is 10.1 Å². The Morgan fingerprint density at radius 1 is 1.60 bits per heavy atom. The number of aliphatic hydroxyl groups is 1. The molecular weight excluding hydrogens is 270 g/mol. The molecule has 9 nitrogen and oxygen atoms in total. The summed E-state index contributed by atoms with van der Waals surface area (Å²) in [5.41, 5.74) is -0.646. The quantitative estimate of drug-likeness (QED) is 0.464. The van der Waals surface area contributed by atoms with Gasteiger partial charge in [-0.2, -0.15) is 0 Å². The van der Waals surface area contributed by atoms with Gasteiger partial charge in [-0.15, -0.1) is 0 Å². The third-order valence-corrected chi connectivity index (χ3v) is 2.48. The number of aromatic nitrogens is 1. The van der Waals surface area contributed by atoms with E-state index in [0.717, 1.165) is 12.1 Å². The zero-order valence-corrected chi connectivity index (χ0v) is 10.8. The van der Waals surface area contributed by atoms with E-state index in [4.69, 9.17) is 14.9 Å². The molecule has 0 aliphatic carbocycles. The first-order chi connectivity index (χ1) is 9.49. The van der Waals surface area contributed by atoms with Gasteiger partial charge in [-0.1, -0.05) is 0 Å². The van der Waals surface area contributed by atoms with Crippen LogP contribution in [0.25, 0.3) is 0 Å². The lowest BCUT2D eigenvalue weighted by Crippen LogP contribution is -2.27. The van der Waals surface area contributed by atoms with Crippen molar-refractivity contribution in [3.8, 4) is 0 Å². The molecule has 0 radical (unpaired) electrons. The summed E-state index contributed by atoms with van der Waals surface area (Å²) in [4.78, 5) is 24.8. The first kappa shape index (κ1) is 15.8. The number of anilines is 1. The molecule has 0 spiro atoms. The highest BCUT2D eigenvalue weighted by molar-refractivity contribution is 5.86. The predicted octanol–water partition coefficient (Wildman–Crippen LogP) is 0.497. The molecule has 1 unspecified atom stereocenters. The Labute approximate surface area is 114 Å². The maximum Gasteiger partial charge on any atom is 0.354 e. The van der Waals surface area contributed by atoms with Crippen LogP contribution >= 0.6 is 0 Å². The summed E-state index contributed by atoms with van der Waals surface area (Å²) >= 11 is 0. The summed E-state index contributed by atoms with van der Waals surface area (Å²) < 4.78 is 4.92. The number of carboxylic acids is 1. The van der Waals surface area contributed by atoms with E-state index in [9.17, 15) is 14.9 Å². The van der Waals surface area contributed by atoms with E-state index in [1.54, 1.807) is 0 Å². The van der Waals surface area contributed by atoms with E-state index in [0.29, 0.717) is 0 Å². The maximum atomic E-state index is 10.9. The van der Waals surface area contributed by atoms with E-state index < -0.39 is 16.9 Å². The van der Waals surface area contributed by atoms with Gasteiger partial charge in [-0.3, -0.25) is 10.1 Å². The van der Waals surface area contributed by atoms with Crippen LogP contribution in [0.4, 0.5) is 11.5 Å². The first-order valence-corrected chi connectivity index (χ1v) is 5.74. The number of hydrogen-bond donors (Lipinski definition) is 3. The van der Waals surface area contributed by atoms with Crippen LogP contribution in [0.1, 0.15) is 16.9 Å². The van der Waals surface area contributed by atoms with E-state index in [1.165, 1.54) is 7.11 Å². The standard InChI is InChI=1S/C11H15N3O6/c1-20-6-7(4-5-15)12-10-9(14(18)19)3-2-8(13-10)11(16)17/h2-3,7,15H,4-6H2,1H3,(H,12,13)(H,16,17). The minimum atomic E-state index is -1.28. The fraction of sp³-hybridized carbons (Fsp3) is 0.455. The van der Waals surface area contributed by atoms with Gasteiger partial charge in [0.1, 0.15) is 0 Å². The molecule has 1 aromatic rings. The van der Waals surface area contributed by atoms with Crippen LogP contribution in [-0.4, -0.2) is 52.5 Å². The zero-order valence-electron chi connectivity index (χ0n) is 10.8. The molecule has 110 valence electrons. The number of aromatic carboxylic acids is 1. The number of nitrogens with one attached hydrogen (secondary N) is 1. The number of carbonyl (C=O) groups is 1. The molecule has 1 atom stereocenters. The first-order valence-electron chi connectivity index (χ1n) is 5.74. The Kier molecular flexibility index (Phi) is 5.81. The molecule has 0 aromatic carbocycles. The van der Waals surface area contributed by atoms with Gasteiger partial charge >= 0.3 is 11.7 Å². The van der Waals surface area contributed by atoms with Crippen LogP contribution in [0.3, 0.4) is 0 Å². The SMILES string of the molecule is COCC(CCO)Nc1nc(C(=O)O)ccc1[N+](=O)[O-]. The maximum absolute atomic E-state index is 10.9. The number of hydrogen-bond acceptors (Lipinski definition) is 7. The summed E-state index contributed by atoms with van der Waals surface area (Å²) in [6, 6.07) is 1.71. The Bertz CT molecular complexity index is 487. The smallest absolute Gasteiger partial charge is 0.354 e. The summed E-state index contributed by atoms with van der Waals surface area (Å²) in [6.45, 7) is 0.0458. The van der Waals surface area contributed by atoms with E-state index in [1.807, 2.05) is 0 Å². The van der Waals surface area contributed by atoms with Gasteiger partial charge in [0, 0.05) is 19.8 Å². The average molecular weight is 285 g/mol. The Balaban J connectivity index is 3.07. The number of methoxy groups -OCH3 is 1. The molecule has 0 aliphatic heterocycles. The van der Waals surface area contributed by atoms with Crippen LogP contribution in [0.5, 0.6) is 0 Å². The largest absolute Gasteiger partial charge is 0.477 e. The lowest BCUT2D eigenvalue weighted by atomic mass is 10.2. The highest BCUT2D eigenvalue weighted by Gasteiger charge is 2.21. The molecule has 3 N–H and O–H groups in total. The van der Waals surface area contributed by atoms with Gasteiger partial charge in [-0.25, -0.2) is 9.78 Å². The third-order valence-electron chi connectivity index (χ3n) is 2.48. The lowest BCUT2D eigenvalue weighted by molar-refractivity contribution is -0.384. The second-order valence-electron chi connectivity index (χ2n) is 3.94. The molecule has 20 heavy (non-hydrogen) atoms. The van der Waals surface area contributed by atoms with Crippen LogP contribution in [0.15, 0.2) is 12.1 Å². The number of nitrogens with zero attached hydrogens (tertiary/aromatic N) is 2. The van der Waals surface area contributed by atoms with Gasteiger partial charge in [0.25, 0.3) is 0 Å². The Morgan fingerprint density at radius 2 is 2.30 bits per heavy atom. The van der Waals surface area contributed by atoms with E-state index in [-0.39, 0.29) is 36.8 Å². The minimum Gasteiger partial charge on any atom is -0.477 e. The Morgan fingerprint density at radius 3 is 2.80 bits per heavy atom. The number of nitro groups is 1. The molecule has 1 aromatic heterocycles. The molecule has 0 saturated heterocycles. The predicted molar refractivity (Wildman–Crippen MR) is 68.8 cm³/mol. The highest BCUT2D eigenvalue weighted by Crippen LogP contribution is 2.23. The summed E-state index contributed by atoms with van der Waals surface area (Å²) in [5.74, 6) is -1.45. The molecule has 0 amide bonds. The topological polar surface area (TPSA) is 135 Å². The molecule has 1 rings (SSSR count). The summed E-state index contributed by atoms with van der Waals surface area (Å²) in [5, 5.41) is 31.4. The number of ether oxygens (including phenoxy) is 1. The number of pyridine rings is 1. The molecule has 1 heterocycles. The second-order valence-corrected chi connectivity index (χ2v) is 3.94. The zero-order chi connectivity index (χ0) is 15.1. The van der Waals surface area contributed by atoms with Gasteiger partial charge in [0.05, 0.1) is 17.6 Å². The van der Waals surface area contributed by atoms with Crippen molar-refractivity contribution >= 4 is 17.5 Å². The fourth-order valence-electron chi connectivity index (χ4n) is 1.57. The molecular formula is C11H15N3O6. The van der Waals surface area contributed by atoms with Gasteiger partial charge in [-0.05, 0) is 12.5 Å². The second kappa shape index (κ2) is 7.36. The molecule has 0 fully saturated rings. The molecule has 0 aliphatic rings. The van der Waals surface area contributed by atoms with E-state index in [2.05, 4.69) is 10.3 Å². The summed E-state index contributed by atoms with van der Waals surface area (Å²) in [7, 11) is 1.45. The fourth-order valence-corrected chi connectivity index (χ4v) is 1.57. The van der Waals surface area contributed by atoms with E-state index >= 15 is 0 Å². The van der Waals surface area contributed by atoms with Crippen molar-refractivity contribution < 1.29 is 24.7 Å². The van der Waals surface area contributed by atoms with Gasteiger partial charge in [0.2, 0.25) is 5.82 Å². The average Bonchev–Trinajstić information content (AvgIpc) is 2.38. The summed E-state index contributed by atoms with van der Waals surface area (Å²) in [6.07, 6.45) is 0.282. The van der Waals surface area contributed by atoms with Gasteiger partial charge < -0.3 is 20.3 Å². The molecule has 0 saturated carbocycles. The monoisotopic (exact) mass is 285 g/mol. The van der Waals surface area contributed by atoms with Crippen molar-refractivity contribution in [2.75, 3.05) is 25.6 Å². The minimum absolute atomic E-state index is 0.145. The normalized spacial score (nSPS) is 11.9. The third kappa shape index (κ3) is 4.14. The number of aliphatic hydroxyl groups excluding tert-OH is 1. The van der Waals surface area contributed by atoms with Crippen LogP contribution in [-0.2, 0) is 4.74 Å². The van der Waals surface area contributed by atoms with Crippen LogP contribution < -0.4 is 5.32 Å². The van der Waals surface area contributed by atoms with Crippen molar-refractivity contribution in [1.29, 1.82) is 0 Å². The van der Waals surface area contributed by atoms with Crippen molar-refractivity contribution in [2.45, 2.75) is 12.5 Å². The van der Waals surface area contributed by atoms with Crippen molar-refractivity contribution in [3.05, 3.63) is 27.9 Å². The lowest BCUT2D eigenvalue weighted by Gasteiger charge is -2.17. The molecule has 0 bridgehead atoms. The highest BCUT2D eigenvalue weighted by atomic mass is 16.6. The van der Waals surface area contributed by atoms with Crippen molar-refractivity contribution in [3.63, 3.8) is 0 Å². The van der Waals surface area contributed by atoms with Gasteiger partial charge in [0.15, 0.2) is 5.69 Å². The van der Waals surface area contributed by atoms with Crippen LogP contribution in [0.2, 0.25) is 0 Å². The number of rotatable bonds is 8. The Hall–Kier alpha value is -2.26. The van der Waals surface area contributed by atoms with Crippen molar-refractivity contribution in [2.24, 2.45) is 0 Å².